The molecular weight excluding hydrogens is 446 g/mol. The summed E-state index contributed by atoms with van der Waals surface area (Å²) in [4.78, 5) is 12.9. The second-order valence-corrected chi connectivity index (χ2v) is 9.53. The van der Waals surface area contributed by atoms with Crippen LogP contribution in [0, 0.1) is 0 Å². The maximum Gasteiger partial charge on any atom is 0.264 e. The second kappa shape index (κ2) is 10.3. The molecule has 0 heterocycles. The molecular formula is C27H25N3O3S. The van der Waals surface area contributed by atoms with Crippen molar-refractivity contribution in [2.24, 2.45) is 5.10 Å². The van der Waals surface area contributed by atoms with Gasteiger partial charge in [-0.2, -0.15) is 5.10 Å². The Morgan fingerprint density at radius 3 is 2.35 bits per heavy atom. The highest BCUT2D eigenvalue weighted by atomic mass is 32.2. The van der Waals surface area contributed by atoms with E-state index in [0.29, 0.717) is 12.1 Å². The van der Waals surface area contributed by atoms with Crippen molar-refractivity contribution in [2.75, 3.05) is 10.8 Å². The lowest BCUT2D eigenvalue weighted by Crippen LogP contribution is -2.40. The van der Waals surface area contributed by atoms with Gasteiger partial charge in [0.05, 0.1) is 16.8 Å². The zero-order valence-corrected chi connectivity index (χ0v) is 19.6. The number of fused-ring (bicyclic) bond motifs is 1. The Hall–Kier alpha value is -3.97. The number of aryl methyl sites for hydroxylation is 1. The highest BCUT2D eigenvalue weighted by Gasteiger charge is 2.28. The summed E-state index contributed by atoms with van der Waals surface area (Å²) in [6.45, 7) is 1.54. The summed E-state index contributed by atoms with van der Waals surface area (Å²) in [5.74, 6) is -0.540. The lowest BCUT2D eigenvalue weighted by molar-refractivity contribution is -0.119. The highest BCUT2D eigenvalue weighted by Crippen LogP contribution is 2.27. The minimum absolute atomic E-state index is 0.118. The quantitative estimate of drug-likeness (QED) is 0.298. The van der Waals surface area contributed by atoms with Gasteiger partial charge >= 0.3 is 0 Å². The fraction of sp³-hybridized carbons (Fsp3) is 0.111. The molecule has 1 amide bonds. The van der Waals surface area contributed by atoms with E-state index < -0.39 is 22.5 Å². The van der Waals surface area contributed by atoms with E-state index in [9.17, 15) is 13.2 Å². The van der Waals surface area contributed by atoms with E-state index >= 15 is 0 Å². The van der Waals surface area contributed by atoms with Crippen molar-refractivity contribution in [1.82, 2.24) is 5.43 Å². The van der Waals surface area contributed by atoms with Gasteiger partial charge < -0.3 is 0 Å². The van der Waals surface area contributed by atoms with E-state index in [0.717, 1.165) is 26.2 Å². The van der Waals surface area contributed by atoms with Gasteiger partial charge in [-0.05, 0) is 41.0 Å². The molecule has 0 saturated carbocycles. The smallest absolute Gasteiger partial charge is 0.264 e. The first kappa shape index (κ1) is 23.2. The van der Waals surface area contributed by atoms with Gasteiger partial charge in [0.2, 0.25) is 0 Å². The standard InChI is InChI=1S/C27H25N3O3S/c1-2-21-11-7-9-18-26(21)30(34(32,33)24-15-4-3-5-16-24)20-27(31)29-28-19-23-14-10-13-22-12-6-8-17-25(22)23/h3-19H,2,20H2,1H3,(H,29,31)/b28-19-. The van der Waals surface area contributed by atoms with Crippen LogP contribution in [0.4, 0.5) is 5.69 Å². The topological polar surface area (TPSA) is 78.8 Å². The molecule has 0 aliphatic rings. The number of carbonyl (C=O) groups is 1. The first-order valence-corrected chi connectivity index (χ1v) is 12.4. The average Bonchev–Trinajstić information content (AvgIpc) is 2.88. The van der Waals surface area contributed by atoms with Gasteiger partial charge in [-0.25, -0.2) is 13.8 Å². The Bertz CT molecular complexity index is 1430. The number of amides is 1. The van der Waals surface area contributed by atoms with Crippen molar-refractivity contribution < 1.29 is 13.2 Å². The van der Waals surface area contributed by atoms with Crippen LogP contribution < -0.4 is 9.73 Å². The second-order valence-electron chi connectivity index (χ2n) is 7.67. The number of para-hydroxylation sites is 1. The summed E-state index contributed by atoms with van der Waals surface area (Å²) in [5, 5.41) is 6.16. The predicted molar refractivity (Wildman–Crippen MR) is 136 cm³/mol. The third-order valence-corrected chi connectivity index (χ3v) is 7.25. The Kier molecular flexibility index (Phi) is 7.04. The SMILES string of the molecule is CCc1ccccc1N(CC(=O)N/N=C\c1cccc2ccccc12)S(=O)(=O)c1ccccc1. The number of carbonyl (C=O) groups excluding carboxylic acids is 1. The van der Waals surface area contributed by atoms with Gasteiger partial charge in [-0.15, -0.1) is 0 Å². The van der Waals surface area contributed by atoms with Crippen LogP contribution >= 0.6 is 0 Å². The number of sulfonamides is 1. The molecule has 172 valence electrons. The summed E-state index contributed by atoms with van der Waals surface area (Å²) < 4.78 is 28.1. The molecule has 0 saturated heterocycles. The Balaban J connectivity index is 1.60. The predicted octanol–water partition coefficient (Wildman–Crippen LogP) is 4.75. The molecule has 0 aliphatic carbocycles. The molecule has 4 aromatic rings. The Labute approximate surface area is 199 Å². The van der Waals surface area contributed by atoms with Crippen LogP contribution in [-0.2, 0) is 21.2 Å². The normalized spacial score (nSPS) is 11.6. The zero-order valence-electron chi connectivity index (χ0n) is 18.8. The number of benzene rings is 4. The minimum atomic E-state index is -3.97. The van der Waals surface area contributed by atoms with Gasteiger partial charge in [-0.1, -0.05) is 85.8 Å². The third-order valence-electron chi connectivity index (χ3n) is 5.48. The van der Waals surface area contributed by atoms with Crippen molar-refractivity contribution in [3.63, 3.8) is 0 Å². The molecule has 7 heteroatoms. The number of nitrogens with one attached hydrogen (secondary N) is 1. The van der Waals surface area contributed by atoms with Gasteiger partial charge in [0.1, 0.15) is 6.54 Å². The summed E-state index contributed by atoms with van der Waals surface area (Å²) in [5.41, 5.74) is 4.63. The number of nitrogens with zero attached hydrogens (tertiary/aromatic N) is 2. The fourth-order valence-electron chi connectivity index (χ4n) is 3.78. The largest absolute Gasteiger partial charge is 0.271 e. The van der Waals surface area contributed by atoms with Crippen LogP contribution in [0.3, 0.4) is 0 Å². The molecule has 34 heavy (non-hydrogen) atoms. The van der Waals surface area contributed by atoms with E-state index in [4.69, 9.17) is 0 Å². The molecule has 0 aliphatic heterocycles. The van der Waals surface area contributed by atoms with Crippen molar-refractivity contribution >= 4 is 38.6 Å². The van der Waals surface area contributed by atoms with E-state index in [1.807, 2.05) is 61.5 Å². The number of hydrogen-bond donors (Lipinski definition) is 1. The fourth-order valence-corrected chi connectivity index (χ4v) is 5.25. The molecule has 0 atom stereocenters. The Morgan fingerprint density at radius 2 is 1.56 bits per heavy atom. The van der Waals surface area contributed by atoms with E-state index in [1.165, 1.54) is 12.1 Å². The van der Waals surface area contributed by atoms with Crippen molar-refractivity contribution in [3.05, 3.63) is 108 Å². The van der Waals surface area contributed by atoms with Gasteiger partial charge in [0.15, 0.2) is 0 Å². The molecule has 0 aromatic heterocycles. The molecule has 0 radical (unpaired) electrons. The number of anilines is 1. The van der Waals surface area contributed by atoms with Crippen LogP contribution in [0.1, 0.15) is 18.1 Å². The molecule has 1 N–H and O–H groups in total. The monoisotopic (exact) mass is 471 g/mol. The van der Waals surface area contributed by atoms with Crippen LogP contribution in [0.2, 0.25) is 0 Å². The molecule has 0 unspecified atom stereocenters. The average molecular weight is 472 g/mol. The van der Waals surface area contributed by atoms with Crippen LogP contribution in [0.5, 0.6) is 0 Å². The first-order chi connectivity index (χ1) is 16.5. The number of rotatable bonds is 8. The lowest BCUT2D eigenvalue weighted by Gasteiger charge is -2.25. The number of hydrogen-bond acceptors (Lipinski definition) is 4. The van der Waals surface area contributed by atoms with Gasteiger partial charge in [0.25, 0.3) is 15.9 Å². The summed E-state index contributed by atoms with van der Waals surface area (Å²) in [6.07, 6.45) is 2.19. The van der Waals surface area contributed by atoms with Crippen molar-refractivity contribution in [3.8, 4) is 0 Å². The van der Waals surface area contributed by atoms with Gasteiger partial charge in [0, 0.05) is 5.56 Å². The maximum absolute atomic E-state index is 13.5. The number of hydrazone groups is 1. The zero-order chi connectivity index (χ0) is 24.0. The summed E-state index contributed by atoms with van der Waals surface area (Å²) in [6, 6.07) is 29.0. The van der Waals surface area contributed by atoms with E-state index in [2.05, 4.69) is 10.5 Å². The van der Waals surface area contributed by atoms with E-state index in [1.54, 1.807) is 36.5 Å². The molecule has 4 aromatic carbocycles. The maximum atomic E-state index is 13.5. The van der Waals surface area contributed by atoms with Crippen LogP contribution in [0.15, 0.2) is 107 Å². The van der Waals surface area contributed by atoms with E-state index in [-0.39, 0.29) is 4.90 Å². The Morgan fingerprint density at radius 1 is 0.882 bits per heavy atom. The first-order valence-electron chi connectivity index (χ1n) is 11.0. The third kappa shape index (κ3) is 5.00. The summed E-state index contributed by atoms with van der Waals surface area (Å²) in [7, 11) is -3.97. The minimum Gasteiger partial charge on any atom is -0.271 e. The molecule has 0 fully saturated rings. The van der Waals surface area contributed by atoms with Crippen LogP contribution in [-0.4, -0.2) is 27.1 Å². The molecule has 0 bridgehead atoms. The molecule has 4 rings (SSSR count). The lowest BCUT2D eigenvalue weighted by atomic mass is 10.1. The van der Waals surface area contributed by atoms with Crippen LogP contribution in [0.25, 0.3) is 10.8 Å². The molecule has 6 nitrogen and oxygen atoms in total. The highest BCUT2D eigenvalue weighted by molar-refractivity contribution is 7.92. The van der Waals surface area contributed by atoms with Gasteiger partial charge in [-0.3, -0.25) is 9.10 Å². The summed E-state index contributed by atoms with van der Waals surface area (Å²) >= 11 is 0. The van der Waals surface area contributed by atoms with Crippen molar-refractivity contribution in [1.29, 1.82) is 0 Å². The van der Waals surface area contributed by atoms with Crippen molar-refractivity contribution in [2.45, 2.75) is 18.2 Å². The molecule has 0 spiro atoms.